The number of aromatic nitrogens is 3. The molecular formula is C10H8F3N5O2. The van der Waals surface area contributed by atoms with E-state index in [4.69, 9.17) is 5.73 Å². The molecule has 7 nitrogen and oxygen atoms in total. The summed E-state index contributed by atoms with van der Waals surface area (Å²) in [5.74, 6) is -0.327. The highest BCUT2D eigenvalue weighted by Crippen LogP contribution is 2.30. The van der Waals surface area contributed by atoms with Crippen LogP contribution in [0.5, 0.6) is 0 Å². The number of nitrogens with zero attached hydrogens (tertiary/aromatic N) is 4. The molecule has 0 aromatic carbocycles. The monoisotopic (exact) mass is 287 g/mol. The van der Waals surface area contributed by atoms with Gasteiger partial charge in [0.25, 0.3) is 0 Å². The maximum atomic E-state index is 12.4. The molecule has 2 N–H and O–H groups in total. The van der Waals surface area contributed by atoms with Crippen LogP contribution in [0.3, 0.4) is 0 Å². The summed E-state index contributed by atoms with van der Waals surface area (Å²) < 4.78 is 38.1. The van der Waals surface area contributed by atoms with Crippen molar-refractivity contribution in [3.63, 3.8) is 0 Å². The molecule has 0 unspecified atom stereocenters. The lowest BCUT2D eigenvalue weighted by atomic mass is 10.3. The summed E-state index contributed by atoms with van der Waals surface area (Å²) in [6, 6.07) is 1.83. The Kier molecular flexibility index (Phi) is 3.08. The van der Waals surface area contributed by atoms with Gasteiger partial charge < -0.3 is 5.73 Å². The van der Waals surface area contributed by atoms with Gasteiger partial charge in [-0.15, -0.1) is 0 Å². The smallest absolute Gasteiger partial charge is 0.378 e. The van der Waals surface area contributed by atoms with Crippen molar-refractivity contribution in [2.75, 3.05) is 5.73 Å². The summed E-state index contributed by atoms with van der Waals surface area (Å²) in [4.78, 5) is 13.6. The highest BCUT2D eigenvalue weighted by atomic mass is 19.4. The van der Waals surface area contributed by atoms with E-state index >= 15 is 0 Å². The SMILES string of the molecule is Cc1nn(-c2ccc(C(F)(F)F)cn2)c(N)c1[N+](=O)[O-]. The van der Waals surface area contributed by atoms with Crippen molar-refractivity contribution in [2.45, 2.75) is 13.1 Å². The lowest BCUT2D eigenvalue weighted by Crippen LogP contribution is -2.08. The predicted molar refractivity (Wildman–Crippen MR) is 62.2 cm³/mol. The first-order chi connectivity index (χ1) is 9.21. The summed E-state index contributed by atoms with van der Waals surface area (Å²) in [5.41, 5.74) is 4.28. The molecule has 0 aliphatic rings. The fourth-order valence-corrected chi connectivity index (χ4v) is 1.62. The zero-order valence-electron chi connectivity index (χ0n) is 10.0. The Morgan fingerprint density at radius 1 is 1.40 bits per heavy atom. The molecule has 0 saturated heterocycles. The third-order valence-electron chi connectivity index (χ3n) is 2.54. The molecule has 0 aliphatic carbocycles. The Labute approximate surface area is 110 Å². The van der Waals surface area contributed by atoms with Crippen molar-refractivity contribution in [3.8, 4) is 5.82 Å². The maximum absolute atomic E-state index is 12.4. The number of nitrogens with two attached hydrogens (primary N) is 1. The molecule has 10 heteroatoms. The van der Waals surface area contributed by atoms with E-state index in [1.54, 1.807) is 0 Å². The molecule has 0 spiro atoms. The van der Waals surface area contributed by atoms with Gasteiger partial charge in [-0.25, -0.2) is 4.98 Å². The average molecular weight is 287 g/mol. The summed E-state index contributed by atoms with van der Waals surface area (Å²) in [7, 11) is 0. The first-order valence-electron chi connectivity index (χ1n) is 5.25. The number of anilines is 1. The number of pyridine rings is 1. The van der Waals surface area contributed by atoms with Crippen molar-refractivity contribution in [1.29, 1.82) is 0 Å². The van der Waals surface area contributed by atoms with Crippen LogP contribution in [0.25, 0.3) is 5.82 Å². The molecule has 106 valence electrons. The van der Waals surface area contributed by atoms with Gasteiger partial charge in [0.1, 0.15) is 5.69 Å². The predicted octanol–water partition coefficient (Wildman–Crippen LogP) is 2.08. The van der Waals surface area contributed by atoms with E-state index in [9.17, 15) is 23.3 Å². The van der Waals surface area contributed by atoms with Gasteiger partial charge in [-0.1, -0.05) is 0 Å². The van der Waals surface area contributed by atoms with E-state index in [1.807, 2.05) is 0 Å². The van der Waals surface area contributed by atoms with Crippen LogP contribution >= 0.6 is 0 Å². The summed E-state index contributed by atoms with van der Waals surface area (Å²) in [5, 5.41) is 14.6. The molecule has 0 radical (unpaired) electrons. The fourth-order valence-electron chi connectivity index (χ4n) is 1.62. The van der Waals surface area contributed by atoms with Crippen molar-refractivity contribution in [2.24, 2.45) is 0 Å². The number of hydrogen-bond acceptors (Lipinski definition) is 5. The van der Waals surface area contributed by atoms with Crippen LogP contribution in [-0.2, 0) is 6.18 Å². The molecule has 0 atom stereocenters. The van der Waals surface area contributed by atoms with Gasteiger partial charge in [0.2, 0.25) is 5.82 Å². The largest absolute Gasteiger partial charge is 0.417 e. The van der Waals surface area contributed by atoms with Gasteiger partial charge in [-0.3, -0.25) is 10.1 Å². The number of halogens is 3. The first kappa shape index (κ1) is 13.8. The quantitative estimate of drug-likeness (QED) is 0.673. The van der Waals surface area contributed by atoms with E-state index in [2.05, 4.69) is 10.1 Å². The van der Waals surface area contributed by atoms with Crippen LogP contribution in [0.2, 0.25) is 0 Å². The molecule has 2 aromatic rings. The molecule has 2 heterocycles. The minimum absolute atomic E-state index is 0.0355. The lowest BCUT2D eigenvalue weighted by Gasteiger charge is -2.07. The van der Waals surface area contributed by atoms with E-state index in [1.165, 1.54) is 6.92 Å². The van der Waals surface area contributed by atoms with Gasteiger partial charge >= 0.3 is 11.9 Å². The molecule has 0 bridgehead atoms. The molecule has 0 saturated carbocycles. The molecule has 2 rings (SSSR count). The Morgan fingerprint density at radius 3 is 2.45 bits per heavy atom. The Hall–Kier alpha value is -2.65. The van der Waals surface area contributed by atoms with Crippen molar-refractivity contribution >= 4 is 11.5 Å². The highest BCUT2D eigenvalue weighted by Gasteiger charge is 2.31. The number of nitro groups is 1. The zero-order valence-corrected chi connectivity index (χ0v) is 10.0. The lowest BCUT2D eigenvalue weighted by molar-refractivity contribution is -0.384. The van der Waals surface area contributed by atoms with Crippen LogP contribution in [0.4, 0.5) is 24.7 Å². The van der Waals surface area contributed by atoms with Gasteiger partial charge in [-0.2, -0.15) is 23.0 Å². The maximum Gasteiger partial charge on any atom is 0.417 e. The summed E-state index contributed by atoms with van der Waals surface area (Å²) in [6.45, 7) is 1.37. The Morgan fingerprint density at radius 2 is 2.05 bits per heavy atom. The van der Waals surface area contributed by atoms with Crippen molar-refractivity contribution in [1.82, 2.24) is 14.8 Å². The number of hydrogen-bond donors (Lipinski definition) is 1. The molecule has 0 aliphatic heterocycles. The Bertz CT molecular complexity index is 663. The molecule has 0 fully saturated rings. The standard InChI is InChI=1S/C10H8F3N5O2/c1-5-8(18(19)20)9(14)17(16-5)7-3-2-6(4-15-7)10(11,12)13/h2-4H,14H2,1H3. The van der Waals surface area contributed by atoms with Crippen LogP contribution in [-0.4, -0.2) is 19.7 Å². The minimum atomic E-state index is -4.51. The summed E-state index contributed by atoms with van der Waals surface area (Å²) >= 11 is 0. The topological polar surface area (TPSA) is 99.9 Å². The highest BCUT2D eigenvalue weighted by molar-refractivity contribution is 5.58. The van der Waals surface area contributed by atoms with Gasteiger partial charge in [0.05, 0.1) is 10.5 Å². The number of aryl methyl sites for hydroxylation is 1. The third-order valence-corrected chi connectivity index (χ3v) is 2.54. The fraction of sp³-hybridized carbons (Fsp3) is 0.200. The van der Waals surface area contributed by atoms with E-state index in [-0.39, 0.29) is 17.3 Å². The summed E-state index contributed by atoms with van der Waals surface area (Å²) in [6.07, 6.45) is -3.90. The van der Waals surface area contributed by atoms with E-state index in [0.717, 1.165) is 16.8 Å². The Balaban J connectivity index is 2.48. The number of nitrogen functional groups attached to an aromatic ring is 1. The molecule has 20 heavy (non-hydrogen) atoms. The normalized spacial score (nSPS) is 11.6. The van der Waals surface area contributed by atoms with Gasteiger partial charge in [0.15, 0.2) is 5.82 Å². The van der Waals surface area contributed by atoms with Gasteiger partial charge in [-0.05, 0) is 19.1 Å². The van der Waals surface area contributed by atoms with Crippen molar-refractivity contribution < 1.29 is 18.1 Å². The first-order valence-corrected chi connectivity index (χ1v) is 5.25. The molecular weight excluding hydrogens is 279 g/mol. The van der Waals surface area contributed by atoms with Crippen LogP contribution < -0.4 is 5.73 Å². The van der Waals surface area contributed by atoms with E-state index < -0.39 is 22.4 Å². The third kappa shape index (κ3) is 2.27. The molecule has 0 amide bonds. The second-order valence-corrected chi connectivity index (χ2v) is 3.89. The average Bonchev–Trinajstić information content (AvgIpc) is 2.64. The van der Waals surface area contributed by atoms with Gasteiger partial charge in [0, 0.05) is 6.20 Å². The van der Waals surface area contributed by atoms with Crippen LogP contribution in [0.1, 0.15) is 11.3 Å². The number of rotatable bonds is 2. The minimum Gasteiger partial charge on any atom is -0.378 e. The van der Waals surface area contributed by atoms with Crippen molar-refractivity contribution in [3.05, 3.63) is 39.7 Å². The van der Waals surface area contributed by atoms with Crippen LogP contribution in [0, 0.1) is 17.0 Å². The zero-order chi connectivity index (χ0) is 15.1. The van der Waals surface area contributed by atoms with Crippen LogP contribution in [0.15, 0.2) is 18.3 Å². The number of alkyl halides is 3. The second kappa shape index (κ2) is 4.47. The second-order valence-electron chi connectivity index (χ2n) is 3.89. The molecule has 2 aromatic heterocycles. The van der Waals surface area contributed by atoms with E-state index in [0.29, 0.717) is 6.20 Å².